The van der Waals surface area contributed by atoms with Crippen molar-refractivity contribution >= 4 is 5.82 Å². The first kappa shape index (κ1) is 11.1. The Labute approximate surface area is 95.8 Å². The summed E-state index contributed by atoms with van der Waals surface area (Å²) < 4.78 is 5.25. The van der Waals surface area contributed by atoms with E-state index in [9.17, 15) is 0 Å². The predicted octanol–water partition coefficient (Wildman–Crippen LogP) is 0.531. The number of nitrogens with one attached hydrogen (secondary N) is 1. The first-order valence-corrected chi connectivity index (χ1v) is 5.57. The molecule has 16 heavy (non-hydrogen) atoms. The highest BCUT2D eigenvalue weighted by Crippen LogP contribution is 2.23. The third-order valence-electron chi connectivity index (χ3n) is 2.93. The zero-order chi connectivity index (χ0) is 11.4. The maximum Gasteiger partial charge on any atom is 0.179 e. The molecule has 1 aliphatic heterocycles. The Morgan fingerprint density at radius 2 is 2.50 bits per heavy atom. The highest BCUT2D eigenvalue weighted by Gasteiger charge is 2.18. The molecule has 1 saturated heterocycles. The molecule has 0 aliphatic carbocycles. The second-order valence-electron chi connectivity index (χ2n) is 4.15. The first-order chi connectivity index (χ1) is 7.81. The summed E-state index contributed by atoms with van der Waals surface area (Å²) in [7, 11) is 3.69. The van der Waals surface area contributed by atoms with Gasteiger partial charge in [-0.1, -0.05) is 0 Å². The van der Waals surface area contributed by atoms with Gasteiger partial charge in [0.1, 0.15) is 6.33 Å². The summed E-state index contributed by atoms with van der Waals surface area (Å²) in [5.74, 6) is 2.30. The fraction of sp³-hybridized carbons (Fsp3) is 0.636. The molecular formula is C11H18N4O. The Morgan fingerprint density at radius 3 is 3.19 bits per heavy atom. The van der Waals surface area contributed by atoms with E-state index in [0.29, 0.717) is 5.92 Å². The molecule has 1 unspecified atom stereocenters. The Kier molecular flexibility index (Phi) is 3.56. The smallest absolute Gasteiger partial charge is 0.179 e. The fourth-order valence-corrected chi connectivity index (χ4v) is 2.09. The van der Waals surface area contributed by atoms with Gasteiger partial charge in [-0.15, -0.1) is 0 Å². The van der Waals surface area contributed by atoms with Gasteiger partial charge in [0.15, 0.2) is 11.6 Å². The van der Waals surface area contributed by atoms with Crippen molar-refractivity contribution < 1.29 is 4.74 Å². The van der Waals surface area contributed by atoms with Crippen LogP contribution in [0.4, 0.5) is 5.82 Å². The minimum Gasteiger partial charge on any atom is -0.491 e. The van der Waals surface area contributed by atoms with E-state index in [4.69, 9.17) is 4.74 Å². The van der Waals surface area contributed by atoms with E-state index in [1.807, 2.05) is 7.05 Å². The Morgan fingerprint density at radius 1 is 1.62 bits per heavy atom. The summed E-state index contributed by atoms with van der Waals surface area (Å²) in [6.07, 6.45) is 4.49. The Balaban J connectivity index is 2.04. The molecule has 1 N–H and O–H groups in total. The highest BCUT2D eigenvalue weighted by atomic mass is 16.5. The quantitative estimate of drug-likeness (QED) is 0.805. The van der Waals surface area contributed by atoms with Gasteiger partial charge in [0.05, 0.1) is 13.3 Å². The van der Waals surface area contributed by atoms with Gasteiger partial charge in [0.2, 0.25) is 0 Å². The average Bonchev–Trinajstić information content (AvgIpc) is 2.81. The molecule has 1 fully saturated rings. The van der Waals surface area contributed by atoms with E-state index >= 15 is 0 Å². The van der Waals surface area contributed by atoms with Gasteiger partial charge in [-0.2, -0.15) is 0 Å². The largest absolute Gasteiger partial charge is 0.491 e. The van der Waals surface area contributed by atoms with Crippen LogP contribution < -0.4 is 15.0 Å². The first-order valence-electron chi connectivity index (χ1n) is 5.57. The second-order valence-corrected chi connectivity index (χ2v) is 4.15. The van der Waals surface area contributed by atoms with Crippen molar-refractivity contribution in [3.63, 3.8) is 0 Å². The number of aromatic nitrogens is 2. The number of methoxy groups -OCH3 is 1. The molecule has 0 aromatic carbocycles. The van der Waals surface area contributed by atoms with Gasteiger partial charge in [-0.05, 0) is 25.4 Å². The second kappa shape index (κ2) is 5.12. The molecular weight excluding hydrogens is 204 g/mol. The molecule has 1 atom stereocenters. The van der Waals surface area contributed by atoms with Crippen LogP contribution in [0.2, 0.25) is 0 Å². The van der Waals surface area contributed by atoms with Crippen LogP contribution in [-0.2, 0) is 0 Å². The van der Waals surface area contributed by atoms with Gasteiger partial charge >= 0.3 is 0 Å². The van der Waals surface area contributed by atoms with Crippen molar-refractivity contribution in [3.8, 4) is 5.75 Å². The topological polar surface area (TPSA) is 50.3 Å². The molecule has 2 heterocycles. The molecule has 1 aromatic rings. The lowest BCUT2D eigenvalue weighted by molar-refractivity contribution is 0.409. The van der Waals surface area contributed by atoms with E-state index in [1.54, 1.807) is 19.6 Å². The summed E-state index contributed by atoms with van der Waals surface area (Å²) in [5.41, 5.74) is 0. The SMILES string of the molecule is COc1cncnc1N(C)CC1CCNC1. The van der Waals surface area contributed by atoms with Crippen LogP contribution in [0.3, 0.4) is 0 Å². The average molecular weight is 222 g/mol. The molecule has 0 saturated carbocycles. The molecule has 88 valence electrons. The summed E-state index contributed by atoms with van der Waals surface area (Å²) in [6, 6.07) is 0. The van der Waals surface area contributed by atoms with Crippen LogP contribution in [0, 0.1) is 5.92 Å². The number of hydrogen-bond acceptors (Lipinski definition) is 5. The molecule has 5 nitrogen and oxygen atoms in total. The number of ether oxygens (including phenoxy) is 1. The molecule has 1 aliphatic rings. The number of rotatable bonds is 4. The fourth-order valence-electron chi connectivity index (χ4n) is 2.09. The van der Waals surface area contributed by atoms with Crippen molar-refractivity contribution in [2.45, 2.75) is 6.42 Å². The van der Waals surface area contributed by atoms with Gasteiger partial charge in [-0.25, -0.2) is 9.97 Å². The monoisotopic (exact) mass is 222 g/mol. The molecule has 0 amide bonds. The van der Waals surface area contributed by atoms with E-state index in [0.717, 1.165) is 31.2 Å². The van der Waals surface area contributed by atoms with E-state index < -0.39 is 0 Å². The molecule has 0 bridgehead atoms. The summed E-state index contributed by atoms with van der Waals surface area (Å²) in [4.78, 5) is 10.4. The number of hydrogen-bond donors (Lipinski definition) is 1. The number of nitrogens with zero attached hydrogens (tertiary/aromatic N) is 3. The predicted molar refractivity (Wildman–Crippen MR) is 62.8 cm³/mol. The lowest BCUT2D eigenvalue weighted by Crippen LogP contribution is -2.27. The maximum absolute atomic E-state index is 5.25. The van der Waals surface area contributed by atoms with Crippen LogP contribution in [0.5, 0.6) is 5.75 Å². The van der Waals surface area contributed by atoms with Crippen molar-refractivity contribution in [2.24, 2.45) is 5.92 Å². The zero-order valence-electron chi connectivity index (χ0n) is 9.81. The Hall–Kier alpha value is -1.36. The standard InChI is InChI=1S/C11H18N4O/c1-15(7-9-3-4-12-5-9)11-10(16-2)6-13-8-14-11/h6,8-9,12H,3-5,7H2,1-2H3. The van der Waals surface area contributed by atoms with E-state index in [2.05, 4.69) is 20.2 Å². The third-order valence-corrected chi connectivity index (χ3v) is 2.93. The summed E-state index contributed by atoms with van der Waals surface area (Å²) in [6.45, 7) is 3.22. The Bertz CT molecular complexity index is 339. The van der Waals surface area contributed by atoms with Crippen molar-refractivity contribution in [2.75, 3.05) is 38.7 Å². The minimum absolute atomic E-state index is 0.699. The van der Waals surface area contributed by atoms with Gasteiger partial charge in [0, 0.05) is 13.6 Å². The molecule has 2 rings (SSSR count). The van der Waals surface area contributed by atoms with Gasteiger partial charge < -0.3 is 15.0 Å². The third kappa shape index (κ3) is 2.41. The summed E-state index contributed by atoms with van der Waals surface area (Å²) >= 11 is 0. The maximum atomic E-state index is 5.25. The van der Waals surface area contributed by atoms with E-state index in [1.165, 1.54) is 6.42 Å². The van der Waals surface area contributed by atoms with E-state index in [-0.39, 0.29) is 0 Å². The molecule has 5 heteroatoms. The molecule has 0 radical (unpaired) electrons. The summed E-state index contributed by atoms with van der Waals surface area (Å²) in [5, 5.41) is 3.37. The van der Waals surface area contributed by atoms with Crippen LogP contribution in [0.15, 0.2) is 12.5 Å². The van der Waals surface area contributed by atoms with Crippen LogP contribution in [-0.4, -0.2) is 43.8 Å². The van der Waals surface area contributed by atoms with Crippen LogP contribution >= 0.6 is 0 Å². The van der Waals surface area contributed by atoms with Gasteiger partial charge in [-0.3, -0.25) is 0 Å². The van der Waals surface area contributed by atoms with Crippen LogP contribution in [0.25, 0.3) is 0 Å². The van der Waals surface area contributed by atoms with Crippen molar-refractivity contribution in [1.82, 2.24) is 15.3 Å². The minimum atomic E-state index is 0.699. The normalized spacial score (nSPS) is 19.8. The van der Waals surface area contributed by atoms with Crippen molar-refractivity contribution in [1.29, 1.82) is 0 Å². The van der Waals surface area contributed by atoms with Crippen LogP contribution in [0.1, 0.15) is 6.42 Å². The molecule has 1 aromatic heterocycles. The van der Waals surface area contributed by atoms with Gasteiger partial charge in [0.25, 0.3) is 0 Å². The highest BCUT2D eigenvalue weighted by molar-refractivity contribution is 5.49. The molecule has 0 spiro atoms. The number of anilines is 1. The zero-order valence-corrected chi connectivity index (χ0v) is 9.81. The lowest BCUT2D eigenvalue weighted by atomic mass is 10.1. The lowest BCUT2D eigenvalue weighted by Gasteiger charge is -2.22. The van der Waals surface area contributed by atoms with Crippen molar-refractivity contribution in [3.05, 3.63) is 12.5 Å².